The molecule has 2 rings (SSSR count). The van der Waals surface area contributed by atoms with E-state index >= 15 is 0 Å². The molecule has 0 fully saturated rings. The molecule has 1 aromatic carbocycles. The number of carbonyl (C=O) groups is 1. The minimum atomic E-state index is -0.266. The van der Waals surface area contributed by atoms with Crippen LogP contribution in [0.1, 0.15) is 15.9 Å². The number of hydrogen-bond acceptors (Lipinski definition) is 2. The van der Waals surface area contributed by atoms with Crippen molar-refractivity contribution in [1.29, 1.82) is 0 Å². The summed E-state index contributed by atoms with van der Waals surface area (Å²) in [5.74, 6) is -0.266. The van der Waals surface area contributed by atoms with Gasteiger partial charge in [0.15, 0.2) is 4.67 Å². The quantitative estimate of drug-likeness (QED) is 0.900. The van der Waals surface area contributed by atoms with Crippen LogP contribution in [0.3, 0.4) is 0 Å². The van der Waals surface area contributed by atoms with Crippen LogP contribution >= 0.6 is 27.5 Å². The first-order valence-corrected chi connectivity index (χ1v) is 6.05. The Balaban J connectivity index is 2.24. The summed E-state index contributed by atoms with van der Waals surface area (Å²) in [6, 6.07) is 7.03. The molecule has 0 aliphatic heterocycles. The van der Waals surface area contributed by atoms with E-state index in [1.807, 2.05) is 19.1 Å². The summed E-state index contributed by atoms with van der Waals surface area (Å²) in [6.07, 6.45) is 1.44. The largest absolute Gasteiger partial charge is 0.457 e. The van der Waals surface area contributed by atoms with E-state index < -0.39 is 0 Å². The van der Waals surface area contributed by atoms with Gasteiger partial charge in [0.1, 0.15) is 0 Å². The normalized spacial score (nSPS) is 10.3. The van der Waals surface area contributed by atoms with E-state index in [0.717, 1.165) is 5.56 Å². The van der Waals surface area contributed by atoms with Crippen LogP contribution in [0.5, 0.6) is 0 Å². The van der Waals surface area contributed by atoms with Crippen molar-refractivity contribution in [2.24, 2.45) is 0 Å². The van der Waals surface area contributed by atoms with Crippen LogP contribution in [0.2, 0.25) is 5.02 Å². The molecule has 0 aliphatic carbocycles. The van der Waals surface area contributed by atoms with Gasteiger partial charge in [-0.2, -0.15) is 0 Å². The smallest absolute Gasteiger partial charge is 0.260 e. The van der Waals surface area contributed by atoms with Crippen molar-refractivity contribution in [3.05, 3.63) is 51.3 Å². The van der Waals surface area contributed by atoms with Gasteiger partial charge in [-0.15, -0.1) is 0 Å². The van der Waals surface area contributed by atoms with Gasteiger partial charge in [-0.3, -0.25) is 4.79 Å². The second kappa shape index (κ2) is 4.94. The molecule has 0 bridgehead atoms. The van der Waals surface area contributed by atoms with Crippen LogP contribution < -0.4 is 5.32 Å². The van der Waals surface area contributed by atoms with Crippen LogP contribution in [0.15, 0.2) is 39.6 Å². The maximum atomic E-state index is 11.9. The fourth-order valence-corrected chi connectivity index (χ4v) is 1.97. The molecular weight excluding hydrogens is 305 g/mol. The number of benzene rings is 1. The number of aryl methyl sites for hydroxylation is 1. The van der Waals surface area contributed by atoms with Gasteiger partial charge in [0.05, 0.1) is 22.5 Å². The monoisotopic (exact) mass is 313 g/mol. The molecule has 0 saturated carbocycles. The van der Waals surface area contributed by atoms with E-state index in [9.17, 15) is 4.79 Å². The first kappa shape index (κ1) is 12.2. The number of rotatable bonds is 2. The van der Waals surface area contributed by atoms with Crippen molar-refractivity contribution in [1.82, 2.24) is 0 Å². The van der Waals surface area contributed by atoms with E-state index in [1.54, 1.807) is 12.1 Å². The van der Waals surface area contributed by atoms with E-state index in [2.05, 4.69) is 21.2 Å². The highest BCUT2D eigenvalue weighted by molar-refractivity contribution is 9.10. The standard InChI is InChI=1S/C12H9BrClNO2/c1-7-2-3-9(14)10(6-7)15-12(16)8-4-5-17-11(8)13/h2-6H,1H3,(H,15,16). The summed E-state index contributed by atoms with van der Waals surface area (Å²) < 4.78 is 5.40. The van der Waals surface area contributed by atoms with Crippen LogP contribution in [0.25, 0.3) is 0 Å². The molecule has 1 heterocycles. The number of hydrogen-bond donors (Lipinski definition) is 1. The molecule has 2 aromatic rings. The average molecular weight is 315 g/mol. The number of anilines is 1. The summed E-state index contributed by atoms with van der Waals surface area (Å²) >= 11 is 9.14. The van der Waals surface area contributed by atoms with Gasteiger partial charge in [0.2, 0.25) is 0 Å². The molecule has 0 saturated heterocycles. The predicted molar refractivity (Wildman–Crippen MR) is 70.6 cm³/mol. The third kappa shape index (κ3) is 2.70. The van der Waals surface area contributed by atoms with Gasteiger partial charge >= 0.3 is 0 Å². The molecule has 1 N–H and O–H groups in total. The van der Waals surface area contributed by atoms with Gasteiger partial charge < -0.3 is 9.73 Å². The summed E-state index contributed by atoms with van der Waals surface area (Å²) in [5, 5.41) is 3.24. The zero-order valence-electron chi connectivity index (χ0n) is 8.96. The average Bonchev–Trinajstić information content (AvgIpc) is 2.70. The SMILES string of the molecule is Cc1ccc(Cl)c(NC(=O)c2ccoc2Br)c1. The number of carbonyl (C=O) groups excluding carboxylic acids is 1. The van der Waals surface area contributed by atoms with Crippen molar-refractivity contribution < 1.29 is 9.21 Å². The first-order chi connectivity index (χ1) is 8.08. The van der Waals surface area contributed by atoms with Crippen molar-refractivity contribution in [3.63, 3.8) is 0 Å². The molecule has 0 spiro atoms. The van der Waals surface area contributed by atoms with Gasteiger partial charge in [0, 0.05) is 0 Å². The molecule has 0 atom stereocenters. The molecule has 1 amide bonds. The van der Waals surface area contributed by atoms with Gasteiger partial charge in [-0.1, -0.05) is 17.7 Å². The Labute approximate surface area is 112 Å². The lowest BCUT2D eigenvalue weighted by Crippen LogP contribution is -2.11. The minimum absolute atomic E-state index is 0.266. The van der Waals surface area contributed by atoms with Crippen LogP contribution in [0, 0.1) is 6.92 Å². The topological polar surface area (TPSA) is 42.2 Å². The highest BCUT2D eigenvalue weighted by Gasteiger charge is 2.13. The van der Waals surface area contributed by atoms with Crippen molar-refractivity contribution in [3.8, 4) is 0 Å². The lowest BCUT2D eigenvalue weighted by molar-refractivity contribution is 0.102. The second-order valence-corrected chi connectivity index (χ2v) is 4.67. The number of furan rings is 1. The van der Waals surface area contributed by atoms with Crippen LogP contribution in [0.4, 0.5) is 5.69 Å². The van der Waals surface area contributed by atoms with Crippen LogP contribution in [-0.4, -0.2) is 5.91 Å². The Kier molecular flexibility index (Phi) is 3.54. The van der Waals surface area contributed by atoms with Crippen molar-refractivity contribution >= 4 is 39.1 Å². The summed E-state index contributed by atoms with van der Waals surface area (Å²) in [7, 11) is 0. The summed E-state index contributed by atoms with van der Waals surface area (Å²) in [5.41, 5.74) is 2.04. The van der Waals surface area contributed by atoms with Gasteiger partial charge in [0.25, 0.3) is 5.91 Å². The lowest BCUT2D eigenvalue weighted by atomic mass is 10.2. The number of nitrogens with one attached hydrogen (secondary N) is 1. The minimum Gasteiger partial charge on any atom is -0.457 e. The molecule has 0 radical (unpaired) electrons. The lowest BCUT2D eigenvalue weighted by Gasteiger charge is -2.07. The van der Waals surface area contributed by atoms with E-state index in [4.69, 9.17) is 16.0 Å². The Morgan fingerprint density at radius 3 is 2.82 bits per heavy atom. The third-order valence-corrected chi connectivity index (χ3v) is 3.18. The number of halogens is 2. The predicted octanol–water partition coefficient (Wildman–Crippen LogP) is 4.26. The van der Waals surface area contributed by atoms with Gasteiger partial charge in [-0.05, 0) is 46.6 Å². The molecule has 0 unspecified atom stereocenters. The zero-order chi connectivity index (χ0) is 12.4. The molecule has 88 valence electrons. The molecular formula is C12H9BrClNO2. The second-order valence-electron chi connectivity index (χ2n) is 3.55. The highest BCUT2D eigenvalue weighted by Crippen LogP contribution is 2.25. The Morgan fingerprint density at radius 2 is 2.18 bits per heavy atom. The zero-order valence-corrected chi connectivity index (χ0v) is 11.3. The van der Waals surface area contributed by atoms with E-state index in [0.29, 0.717) is 20.9 Å². The summed E-state index contributed by atoms with van der Waals surface area (Å²) in [6.45, 7) is 1.93. The molecule has 0 aliphatic rings. The molecule has 3 nitrogen and oxygen atoms in total. The van der Waals surface area contributed by atoms with Crippen molar-refractivity contribution in [2.45, 2.75) is 6.92 Å². The Hall–Kier alpha value is -1.26. The Bertz CT molecular complexity index is 565. The maximum Gasteiger partial charge on any atom is 0.260 e. The first-order valence-electron chi connectivity index (χ1n) is 4.88. The Morgan fingerprint density at radius 1 is 1.41 bits per heavy atom. The van der Waals surface area contributed by atoms with E-state index in [-0.39, 0.29) is 5.91 Å². The highest BCUT2D eigenvalue weighted by atomic mass is 79.9. The maximum absolute atomic E-state index is 11.9. The summed E-state index contributed by atoms with van der Waals surface area (Å²) in [4.78, 5) is 11.9. The fourth-order valence-electron chi connectivity index (χ4n) is 1.38. The third-order valence-electron chi connectivity index (χ3n) is 2.23. The van der Waals surface area contributed by atoms with E-state index in [1.165, 1.54) is 6.26 Å². The van der Waals surface area contributed by atoms with Gasteiger partial charge in [-0.25, -0.2) is 0 Å². The van der Waals surface area contributed by atoms with Crippen LogP contribution in [-0.2, 0) is 0 Å². The molecule has 17 heavy (non-hydrogen) atoms. The van der Waals surface area contributed by atoms with Crippen molar-refractivity contribution in [2.75, 3.05) is 5.32 Å². The number of amides is 1. The molecule has 5 heteroatoms. The fraction of sp³-hybridized carbons (Fsp3) is 0.0833. The molecule has 1 aromatic heterocycles.